The standard InChI is InChI=1S/C12H16N2O4/c1-7(13)17-11(15)9-5-3-4-6-10(9)12(16)18-8(2)14/h3-8H,13-14H2,1-2H3. The smallest absolute Gasteiger partial charge is 0.340 e. The molecule has 4 N–H and O–H groups in total. The molecule has 0 aliphatic carbocycles. The van der Waals surface area contributed by atoms with Crippen LogP contribution in [0.1, 0.15) is 34.6 Å². The van der Waals surface area contributed by atoms with Gasteiger partial charge in [-0.25, -0.2) is 9.59 Å². The van der Waals surface area contributed by atoms with E-state index in [0.29, 0.717) is 0 Å². The summed E-state index contributed by atoms with van der Waals surface area (Å²) < 4.78 is 9.66. The molecule has 2 unspecified atom stereocenters. The Balaban J connectivity index is 2.99. The average Bonchev–Trinajstić information content (AvgIpc) is 2.27. The van der Waals surface area contributed by atoms with Crippen LogP contribution >= 0.6 is 0 Å². The third-order valence-electron chi connectivity index (χ3n) is 1.95. The maximum Gasteiger partial charge on any atom is 0.340 e. The Kier molecular flexibility index (Phi) is 4.82. The highest BCUT2D eigenvalue weighted by molar-refractivity contribution is 6.03. The van der Waals surface area contributed by atoms with Crippen LogP contribution in [0.3, 0.4) is 0 Å². The van der Waals surface area contributed by atoms with Crippen molar-refractivity contribution in [1.29, 1.82) is 0 Å². The summed E-state index contributed by atoms with van der Waals surface area (Å²) in [4.78, 5) is 23.4. The van der Waals surface area contributed by atoms with Crippen LogP contribution in [0.25, 0.3) is 0 Å². The Bertz CT molecular complexity index is 402. The molecule has 18 heavy (non-hydrogen) atoms. The van der Waals surface area contributed by atoms with Crippen molar-refractivity contribution in [3.63, 3.8) is 0 Å². The molecule has 0 saturated heterocycles. The van der Waals surface area contributed by atoms with Gasteiger partial charge in [0.1, 0.15) is 12.5 Å². The number of hydrogen-bond donors (Lipinski definition) is 2. The van der Waals surface area contributed by atoms with Crippen LogP contribution in [0, 0.1) is 0 Å². The Morgan fingerprint density at radius 1 is 0.944 bits per heavy atom. The van der Waals surface area contributed by atoms with E-state index >= 15 is 0 Å². The second kappa shape index (κ2) is 6.13. The van der Waals surface area contributed by atoms with Gasteiger partial charge >= 0.3 is 11.9 Å². The van der Waals surface area contributed by atoms with E-state index in [2.05, 4.69) is 0 Å². The van der Waals surface area contributed by atoms with Gasteiger partial charge in [-0.2, -0.15) is 0 Å². The molecule has 1 aromatic carbocycles. The molecule has 6 heteroatoms. The lowest BCUT2D eigenvalue weighted by atomic mass is 10.1. The van der Waals surface area contributed by atoms with Crippen LogP contribution in [-0.4, -0.2) is 24.4 Å². The molecule has 0 radical (unpaired) electrons. The molecule has 0 saturated carbocycles. The average molecular weight is 252 g/mol. The van der Waals surface area contributed by atoms with Crippen molar-refractivity contribution in [2.75, 3.05) is 0 Å². The van der Waals surface area contributed by atoms with Crippen molar-refractivity contribution in [2.24, 2.45) is 11.5 Å². The van der Waals surface area contributed by atoms with Crippen molar-refractivity contribution in [1.82, 2.24) is 0 Å². The highest BCUT2D eigenvalue weighted by atomic mass is 16.6. The van der Waals surface area contributed by atoms with E-state index in [9.17, 15) is 9.59 Å². The van der Waals surface area contributed by atoms with Gasteiger partial charge < -0.3 is 9.47 Å². The second-order valence-corrected chi connectivity index (χ2v) is 3.77. The molecule has 1 aromatic rings. The van der Waals surface area contributed by atoms with Gasteiger partial charge in [-0.3, -0.25) is 11.5 Å². The maximum atomic E-state index is 11.7. The summed E-state index contributed by atoms with van der Waals surface area (Å²) in [7, 11) is 0. The quantitative estimate of drug-likeness (QED) is 0.601. The monoisotopic (exact) mass is 252 g/mol. The van der Waals surface area contributed by atoms with Crippen molar-refractivity contribution >= 4 is 11.9 Å². The normalized spacial score (nSPS) is 13.6. The van der Waals surface area contributed by atoms with Gasteiger partial charge in [-0.15, -0.1) is 0 Å². The zero-order chi connectivity index (χ0) is 13.7. The van der Waals surface area contributed by atoms with Gasteiger partial charge in [0.2, 0.25) is 0 Å². The molecule has 2 atom stereocenters. The van der Waals surface area contributed by atoms with Gasteiger partial charge in [0.15, 0.2) is 0 Å². The van der Waals surface area contributed by atoms with E-state index < -0.39 is 24.4 Å². The van der Waals surface area contributed by atoms with E-state index in [4.69, 9.17) is 20.9 Å². The van der Waals surface area contributed by atoms with Crippen LogP contribution in [0.5, 0.6) is 0 Å². The minimum atomic E-state index is -0.755. The fraction of sp³-hybridized carbons (Fsp3) is 0.333. The summed E-state index contributed by atoms with van der Waals surface area (Å²) in [6, 6.07) is 6.14. The largest absolute Gasteiger partial charge is 0.443 e. The molecule has 0 spiro atoms. The summed E-state index contributed by atoms with van der Waals surface area (Å²) in [6.45, 7) is 3.03. The van der Waals surface area contributed by atoms with E-state index in [0.717, 1.165) is 0 Å². The summed E-state index contributed by atoms with van der Waals surface area (Å²) in [5, 5.41) is 0. The number of carbonyl (C=O) groups excluding carboxylic acids is 2. The van der Waals surface area contributed by atoms with Gasteiger partial charge in [-0.05, 0) is 26.0 Å². The SMILES string of the molecule is CC(N)OC(=O)c1ccccc1C(=O)OC(C)N. The molecular formula is C12H16N2O4. The third kappa shape index (κ3) is 3.83. The fourth-order valence-corrected chi connectivity index (χ4v) is 1.30. The first-order valence-corrected chi connectivity index (χ1v) is 5.44. The highest BCUT2D eigenvalue weighted by Gasteiger charge is 2.20. The lowest BCUT2D eigenvalue weighted by Crippen LogP contribution is -2.27. The topological polar surface area (TPSA) is 105 Å². The minimum absolute atomic E-state index is 0.0976. The van der Waals surface area contributed by atoms with Gasteiger partial charge in [0.05, 0.1) is 11.1 Å². The van der Waals surface area contributed by atoms with E-state index in [1.54, 1.807) is 12.1 Å². The number of benzene rings is 1. The first-order chi connectivity index (χ1) is 8.41. The third-order valence-corrected chi connectivity index (χ3v) is 1.95. The number of esters is 2. The number of hydrogen-bond acceptors (Lipinski definition) is 6. The molecule has 0 aliphatic heterocycles. The Hall–Kier alpha value is -1.92. The molecule has 0 bridgehead atoms. The first-order valence-electron chi connectivity index (χ1n) is 5.44. The minimum Gasteiger partial charge on any atom is -0.443 e. The van der Waals surface area contributed by atoms with Crippen molar-refractivity contribution in [2.45, 2.75) is 26.3 Å². The summed E-state index contributed by atoms with van der Waals surface area (Å²) >= 11 is 0. The van der Waals surface area contributed by atoms with Crippen LogP contribution in [0.15, 0.2) is 24.3 Å². The zero-order valence-corrected chi connectivity index (χ0v) is 10.3. The van der Waals surface area contributed by atoms with Crippen molar-refractivity contribution in [3.05, 3.63) is 35.4 Å². The number of nitrogens with two attached hydrogens (primary N) is 2. The molecular weight excluding hydrogens is 236 g/mol. The van der Waals surface area contributed by atoms with Crippen LogP contribution in [0.2, 0.25) is 0 Å². The van der Waals surface area contributed by atoms with Crippen LogP contribution in [0.4, 0.5) is 0 Å². The summed E-state index contributed by atoms with van der Waals surface area (Å²) in [6.07, 6.45) is -1.51. The van der Waals surface area contributed by atoms with Gasteiger partial charge in [0.25, 0.3) is 0 Å². The predicted octanol–water partition coefficient (Wildman–Crippen LogP) is 0.610. The number of ether oxygens (including phenoxy) is 2. The Labute approximate surface area is 105 Å². The van der Waals surface area contributed by atoms with E-state index in [1.165, 1.54) is 26.0 Å². The molecule has 1 rings (SSSR count). The first kappa shape index (κ1) is 14.1. The lowest BCUT2D eigenvalue weighted by molar-refractivity contribution is 0.0305. The molecule has 0 heterocycles. The lowest BCUT2D eigenvalue weighted by Gasteiger charge is -2.12. The molecule has 98 valence electrons. The van der Waals surface area contributed by atoms with Gasteiger partial charge in [0, 0.05) is 0 Å². The fourth-order valence-electron chi connectivity index (χ4n) is 1.30. The number of carbonyl (C=O) groups is 2. The Morgan fingerprint density at radius 2 is 1.28 bits per heavy atom. The van der Waals surface area contributed by atoms with Crippen LogP contribution in [-0.2, 0) is 9.47 Å². The molecule has 0 aliphatic rings. The zero-order valence-electron chi connectivity index (χ0n) is 10.3. The maximum absolute atomic E-state index is 11.7. The molecule has 6 nitrogen and oxygen atoms in total. The second-order valence-electron chi connectivity index (χ2n) is 3.77. The van der Waals surface area contributed by atoms with Gasteiger partial charge in [-0.1, -0.05) is 12.1 Å². The summed E-state index contributed by atoms with van der Waals surface area (Å²) in [5.41, 5.74) is 10.9. The van der Waals surface area contributed by atoms with Crippen molar-refractivity contribution in [3.8, 4) is 0 Å². The van der Waals surface area contributed by atoms with E-state index in [1.807, 2.05) is 0 Å². The van der Waals surface area contributed by atoms with Crippen LogP contribution < -0.4 is 11.5 Å². The summed E-state index contributed by atoms with van der Waals surface area (Å²) in [5.74, 6) is -1.36. The molecule has 0 amide bonds. The molecule has 0 aromatic heterocycles. The van der Waals surface area contributed by atoms with E-state index in [-0.39, 0.29) is 11.1 Å². The van der Waals surface area contributed by atoms with Crippen molar-refractivity contribution < 1.29 is 19.1 Å². The molecule has 0 fully saturated rings. The Morgan fingerprint density at radius 3 is 1.56 bits per heavy atom. The highest BCUT2D eigenvalue weighted by Crippen LogP contribution is 2.12. The predicted molar refractivity (Wildman–Crippen MR) is 64.6 cm³/mol. The number of rotatable bonds is 4.